The van der Waals surface area contributed by atoms with Crippen LogP contribution in [0.1, 0.15) is 16.1 Å². The molecule has 3 heterocycles. The number of rotatable bonds is 6. The fourth-order valence-corrected chi connectivity index (χ4v) is 5.15. The average Bonchev–Trinajstić information content (AvgIpc) is 3.45. The van der Waals surface area contributed by atoms with E-state index in [-0.39, 0.29) is 35.2 Å². The maximum absolute atomic E-state index is 12.8. The first-order valence-electron chi connectivity index (χ1n) is 8.98. The lowest BCUT2D eigenvalue weighted by atomic mass is 10.2. The van der Waals surface area contributed by atoms with Gasteiger partial charge in [-0.05, 0) is 29.6 Å². The van der Waals surface area contributed by atoms with E-state index in [9.17, 15) is 13.2 Å². The number of hydrogen-bond acceptors (Lipinski definition) is 8. The largest absolute Gasteiger partial charge is 0.455 e. The Balaban J connectivity index is 1.48. The first kappa shape index (κ1) is 21.0. The van der Waals surface area contributed by atoms with E-state index in [1.807, 2.05) is 17.5 Å². The summed E-state index contributed by atoms with van der Waals surface area (Å²) in [5.41, 5.74) is 0.396. The monoisotopic (exact) mass is 468 g/mol. The Morgan fingerprint density at radius 2 is 2.07 bits per heavy atom. The van der Waals surface area contributed by atoms with E-state index in [2.05, 4.69) is 4.98 Å². The van der Waals surface area contributed by atoms with Gasteiger partial charge in [-0.15, -0.1) is 11.3 Å². The molecule has 4 rings (SSSR count). The van der Waals surface area contributed by atoms with Crippen LogP contribution in [0.3, 0.4) is 0 Å². The number of morpholine rings is 1. The SMILES string of the molecule is O=C(OCc1coc(-c2cccs2)n1)c1cc(S(=O)(=O)N2CCOCC2)ccc1Cl. The normalized spacial score (nSPS) is 15.2. The third kappa shape index (κ3) is 4.42. The number of nitrogens with zero attached hydrogens (tertiary/aromatic N) is 2. The number of thiophene rings is 1. The summed E-state index contributed by atoms with van der Waals surface area (Å²) in [4.78, 5) is 17.6. The molecule has 2 aromatic heterocycles. The van der Waals surface area contributed by atoms with Crippen LogP contribution in [0.4, 0.5) is 0 Å². The Bertz CT molecular complexity index is 1140. The average molecular weight is 469 g/mol. The van der Waals surface area contributed by atoms with Crippen molar-refractivity contribution in [3.05, 3.63) is 58.3 Å². The molecule has 0 atom stereocenters. The number of oxazole rings is 1. The van der Waals surface area contributed by atoms with Gasteiger partial charge < -0.3 is 13.9 Å². The predicted octanol–water partition coefficient (Wildman–Crippen LogP) is 3.43. The number of sulfonamides is 1. The molecule has 11 heteroatoms. The molecule has 0 radical (unpaired) electrons. The minimum Gasteiger partial charge on any atom is -0.455 e. The lowest BCUT2D eigenvalue weighted by Crippen LogP contribution is -2.40. The van der Waals surface area contributed by atoms with Crippen molar-refractivity contribution in [3.8, 4) is 10.8 Å². The summed E-state index contributed by atoms with van der Waals surface area (Å²) in [7, 11) is -3.76. The summed E-state index contributed by atoms with van der Waals surface area (Å²) in [6.45, 7) is 1.02. The van der Waals surface area contributed by atoms with Crippen molar-refractivity contribution in [1.82, 2.24) is 9.29 Å². The van der Waals surface area contributed by atoms with E-state index in [1.54, 1.807) is 0 Å². The zero-order valence-corrected chi connectivity index (χ0v) is 18.0. The third-order valence-electron chi connectivity index (χ3n) is 4.40. The molecule has 3 aromatic rings. The molecule has 8 nitrogen and oxygen atoms in total. The van der Waals surface area contributed by atoms with Gasteiger partial charge in [0, 0.05) is 13.1 Å². The summed E-state index contributed by atoms with van der Waals surface area (Å²) < 4.78 is 42.8. The van der Waals surface area contributed by atoms with Gasteiger partial charge in [0.2, 0.25) is 15.9 Å². The molecule has 0 amide bonds. The van der Waals surface area contributed by atoms with Crippen LogP contribution >= 0.6 is 22.9 Å². The van der Waals surface area contributed by atoms with E-state index in [0.717, 1.165) is 4.88 Å². The van der Waals surface area contributed by atoms with Crippen molar-refractivity contribution in [1.29, 1.82) is 0 Å². The number of esters is 1. The standard InChI is InChI=1S/C19H17ClN2O6S2/c20-16-4-3-14(30(24,25)22-5-7-26-8-6-22)10-15(16)19(23)28-12-13-11-27-18(21-13)17-2-1-9-29-17/h1-4,9-11H,5-8,12H2. The van der Waals surface area contributed by atoms with Gasteiger partial charge in [-0.1, -0.05) is 17.7 Å². The van der Waals surface area contributed by atoms with E-state index in [4.69, 9.17) is 25.5 Å². The summed E-state index contributed by atoms with van der Waals surface area (Å²) in [6.07, 6.45) is 1.41. The molecule has 0 N–H and O–H groups in total. The van der Waals surface area contributed by atoms with Crippen LogP contribution in [0.25, 0.3) is 10.8 Å². The third-order valence-corrected chi connectivity index (χ3v) is 7.48. The molecule has 1 aromatic carbocycles. The molecule has 0 bridgehead atoms. The smallest absolute Gasteiger partial charge is 0.340 e. The molecule has 30 heavy (non-hydrogen) atoms. The summed E-state index contributed by atoms with van der Waals surface area (Å²) >= 11 is 7.60. The Morgan fingerprint density at radius 3 is 2.80 bits per heavy atom. The molecule has 158 valence electrons. The van der Waals surface area contributed by atoms with E-state index in [0.29, 0.717) is 24.8 Å². The maximum atomic E-state index is 12.8. The van der Waals surface area contributed by atoms with Crippen molar-refractivity contribution < 1.29 is 27.1 Å². The van der Waals surface area contributed by atoms with Crippen LogP contribution in [-0.2, 0) is 26.1 Å². The van der Waals surface area contributed by atoms with Crippen molar-refractivity contribution in [2.45, 2.75) is 11.5 Å². The highest BCUT2D eigenvalue weighted by Gasteiger charge is 2.28. The van der Waals surface area contributed by atoms with Gasteiger partial charge in [0.1, 0.15) is 18.6 Å². The van der Waals surface area contributed by atoms with Crippen LogP contribution in [-0.4, -0.2) is 50.0 Å². The quantitative estimate of drug-likeness (QED) is 0.511. The summed E-state index contributed by atoms with van der Waals surface area (Å²) in [6, 6.07) is 7.72. The molecule has 1 aliphatic heterocycles. The fraction of sp³-hybridized carbons (Fsp3) is 0.263. The first-order valence-corrected chi connectivity index (χ1v) is 11.7. The Labute approximate surface area is 182 Å². The molecule has 0 spiro atoms. The zero-order valence-electron chi connectivity index (χ0n) is 15.6. The van der Waals surface area contributed by atoms with Crippen LogP contribution in [0, 0.1) is 0 Å². The van der Waals surface area contributed by atoms with Gasteiger partial charge in [-0.3, -0.25) is 0 Å². The van der Waals surface area contributed by atoms with Crippen LogP contribution in [0.2, 0.25) is 5.02 Å². The number of ether oxygens (including phenoxy) is 2. The van der Waals surface area contributed by atoms with Crippen molar-refractivity contribution in [2.75, 3.05) is 26.3 Å². The second-order valence-corrected chi connectivity index (χ2v) is 9.65. The molecule has 1 saturated heterocycles. The van der Waals surface area contributed by atoms with Crippen molar-refractivity contribution in [3.63, 3.8) is 0 Å². The topological polar surface area (TPSA) is 98.9 Å². The first-order chi connectivity index (χ1) is 14.4. The van der Waals surface area contributed by atoms with E-state index >= 15 is 0 Å². The molecular formula is C19H17ClN2O6S2. The van der Waals surface area contributed by atoms with E-state index < -0.39 is 16.0 Å². The summed E-state index contributed by atoms with van der Waals surface area (Å²) in [5.74, 6) is -0.313. The minimum absolute atomic E-state index is 0.0258. The van der Waals surface area contributed by atoms with Gasteiger partial charge in [0.05, 0.1) is 33.6 Å². The maximum Gasteiger partial charge on any atom is 0.340 e. The molecule has 0 saturated carbocycles. The minimum atomic E-state index is -3.76. The lowest BCUT2D eigenvalue weighted by molar-refractivity contribution is 0.0467. The second-order valence-electron chi connectivity index (χ2n) is 6.36. The molecule has 1 fully saturated rings. The Kier molecular flexibility index (Phi) is 6.21. The molecule has 0 unspecified atom stereocenters. The van der Waals surface area contributed by atoms with Gasteiger partial charge in [-0.25, -0.2) is 18.2 Å². The highest BCUT2D eigenvalue weighted by molar-refractivity contribution is 7.89. The number of carbonyl (C=O) groups excluding carboxylic acids is 1. The molecule has 0 aliphatic carbocycles. The van der Waals surface area contributed by atoms with Gasteiger partial charge in [0.25, 0.3) is 0 Å². The fourth-order valence-electron chi connectivity index (χ4n) is 2.86. The highest BCUT2D eigenvalue weighted by atomic mass is 35.5. The zero-order chi connectivity index (χ0) is 21.1. The van der Waals surface area contributed by atoms with Gasteiger partial charge in [-0.2, -0.15) is 4.31 Å². The number of carbonyl (C=O) groups is 1. The van der Waals surface area contributed by atoms with Gasteiger partial charge >= 0.3 is 5.97 Å². The highest BCUT2D eigenvalue weighted by Crippen LogP contribution is 2.26. The number of aromatic nitrogens is 1. The number of hydrogen-bond donors (Lipinski definition) is 0. The number of halogens is 1. The Morgan fingerprint density at radius 1 is 1.27 bits per heavy atom. The van der Waals surface area contributed by atoms with Crippen molar-refractivity contribution >= 4 is 38.9 Å². The second kappa shape index (κ2) is 8.86. The Hall–Kier alpha value is -2.24. The molecule has 1 aliphatic rings. The van der Waals surface area contributed by atoms with Crippen molar-refractivity contribution in [2.24, 2.45) is 0 Å². The van der Waals surface area contributed by atoms with Crippen LogP contribution < -0.4 is 0 Å². The molecular weight excluding hydrogens is 452 g/mol. The number of benzene rings is 1. The van der Waals surface area contributed by atoms with Crippen LogP contribution in [0.15, 0.2) is 51.3 Å². The lowest BCUT2D eigenvalue weighted by Gasteiger charge is -2.26. The van der Waals surface area contributed by atoms with Gasteiger partial charge in [0.15, 0.2) is 0 Å². The van der Waals surface area contributed by atoms with Crippen LogP contribution in [0.5, 0.6) is 0 Å². The van der Waals surface area contributed by atoms with E-state index in [1.165, 1.54) is 40.1 Å². The predicted molar refractivity (Wildman–Crippen MR) is 110 cm³/mol. The summed E-state index contributed by atoms with van der Waals surface area (Å²) in [5, 5.41) is 2.00.